The summed E-state index contributed by atoms with van der Waals surface area (Å²) in [4.78, 5) is 25.4. The Bertz CT molecular complexity index is 527. The van der Waals surface area contributed by atoms with E-state index >= 15 is 0 Å². The number of amides is 1. The SMILES string of the molecule is COC(=O)C1CCC(=O)N1C(C)c1c(Cl)cccc1Cl. The van der Waals surface area contributed by atoms with Crippen molar-refractivity contribution in [1.82, 2.24) is 4.90 Å². The van der Waals surface area contributed by atoms with Crippen molar-refractivity contribution in [3.05, 3.63) is 33.8 Å². The first-order valence-electron chi connectivity index (χ1n) is 6.30. The second-order valence-electron chi connectivity index (χ2n) is 4.69. The molecule has 0 radical (unpaired) electrons. The highest BCUT2D eigenvalue weighted by Crippen LogP contribution is 2.37. The fourth-order valence-corrected chi connectivity index (χ4v) is 3.32. The molecule has 2 rings (SSSR count). The molecule has 0 bridgehead atoms. The third-order valence-corrected chi connectivity index (χ3v) is 4.22. The van der Waals surface area contributed by atoms with Gasteiger partial charge in [-0.1, -0.05) is 29.3 Å². The summed E-state index contributed by atoms with van der Waals surface area (Å²) in [7, 11) is 1.32. The van der Waals surface area contributed by atoms with E-state index in [0.717, 1.165) is 0 Å². The topological polar surface area (TPSA) is 46.6 Å². The van der Waals surface area contributed by atoms with Gasteiger partial charge in [0.05, 0.1) is 13.2 Å². The lowest BCUT2D eigenvalue weighted by atomic mass is 10.1. The molecule has 1 heterocycles. The molecular weight excluding hydrogens is 301 g/mol. The summed E-state index contributed by atoms with van der Waals surface area (Å²) in [5.74, 6) is -0.505. The molecule has 1 fully saturated rings. The first-order valence-corrected chi connectivity index (χ1v) is 7.06. The van der Waals surface area contributed by atoms with Crippen molar-refractivity contribution in [3.63, 3.8) is 0 Å². The van der Waals surface area contributed by atoms with Crippen molar-refractivity contribution in [2.75, 3.05) is 7.11 Å². The van der Waals surface area contributed by atoms with Gasteiger partial charge in [0, 0.05) is 22.0 Å². The Balaban J connectivity index is 2.37. The summed E-state index contributed by atoms with van der Waals surface area (Å²) in [5.41, 5.74) is 0.653. The number of hydrogen-bond donors (Lipinski definition) is 0. The Morgan fingerprint density at radius 2 is 2.00 bits per heavy atom. The molecular formula is C14H15Cl2NO3. The van der Waals surface area contributed by atoms with Crippen LogP contribution in [0.3, 0.4) is 0 Å². The third-order valence-electron chi connectivity index (χ3n) is 3.56. The summed E-state index contributed by atoms with van der Waals surface area (Å²) in [6.45, 7) is 1.81. The first kappa shape index (κ1) is 15.1. The van der Waals surface area contributed by atoms with Crippen LogP contribution in [0.25, 0.3) is 0 Å². The van der Waals surface area contributed by atoms with Gasteiger partial charge in [-0.25, -0.2) is 4.79 Å². The third kappa shape index (κ3) is 2.63. The smallest absolute Gasteiger partial charge is 0.328 e. The summed E-state index contributed by atoms with van der Waals surface area (Å²) < 4.78 is 4.76. The van der Waals surface area contributed by atoms with Crippen molar-refractivity contribution < 1.29 is 14.3 Å². The molecule has 2 atom stereocenters. The van der Waals surface area contributed by atoms with Gasteiger partial charge < -0.3 is 9.64 Å². The molecule has 20 heavy (non-hydrogen) atoms. The minimum absolute atomic E-state index is 0.0936. The highest BCUT2D eigenvalue weighted by Gasteiger charge is 2.40. The number of hydrogen-bond acceptors (Lipinski definition) is 3. The van der Waals surface area contributed by atoms with Gasteiger partial charge in [0.2, 0.25) is 5.91 Å². The van der Waals surface area contributed by atoms with Gasteiger partial charge in [-0.3, -0.25) is 4.79 Å². The number of esters is 1. The molecule has 0 saturated carbocycles. The number of carbonyl (C=O) groups is 2. The summed E-state index contributed by atoms with van der Waals surface area (Å²) in [6.07, 6.45) is 0.782. The quantitative estimate of drug-likeness (QED) is 0.805. The average Bonchev–Trinajstić information content (AvgIpc) is 2.79. The predicted molar refractivity (Wildman–Crippen MR) is 76.8 cm³/mol. The van der Waals surface area contributed by atoms with E-state index in [4.69, 9.17) is 27.9 Å². The standard InChI is InChI=1S/C14H15Cl2NO3/c1-8(13-9(15)4-3-5-10(13)16)17-11(14(19)20-2)6-7-12(17)18/h3-5,8,11H,6-7H2,1-2H3. The van der Waals surface area contributed by atoms with E-state index in [2.05, 4.69) is 0 Å². The molecule has 2 unspecified atom stereocenters. The van der Waals surface area contributed by atoms with Crippen LogP contribution in [0, 0.1) is 0 Å². The van der Waals surface area contributed by atoms with E-state index in [1.807, 2.05) is 6.92 Å². The van der Waals surface area contributed by atoms with Crippen LogP contribution in [0.5, 0.6) is 0 Å². The maximum Gasteiger partial charge on any atom is 0.328 e. The molecule has 1 aromatic rings. The predicted octanol–water partition coefficient (Wildman–Crippen LogP) is 3.22. The highest BCUT2D eigenvalue weighted by molar-refractivity contribution is 6.36. The van der Waals surface area contributed by atoms with Crippen molar-refractivity contribution in [1.29, 1.82) is 0 Å². The molecule has 1 aliphatic heterocycles. The lowest BCUT2D eigenvalue weighted by Gasteiger charge is -2.30. The molecule has 0 N–H and O–H groups in total. The number of halogens is 2. The van der Waals surface area contributed by atoms with Crippen molar-refractivity contribution >= 4 is 35.1 Å². The molecule has 4 nitrogen and oxygen atoms in total. The molecule has 0 aromatic heterocycles. The van der Waals surface area contributed by atoms with Gasteiger partial charge in [0.1, 0.15) is 6.04 Å². The Labute approximate surface area is 127 Å². The number of nitrogens with zero attached hydrogens (tertiary/aromatic N) is 1. The average molecular weight is 316 g/mol. The lowest BCUT2D eigenvalue weighted by Crippen LogP contribution is -2.41. The van der Waals surface area contributed by atoms with Gasteiger partial charge in [0.15, 0.2) is 0 Å². The number of methoxy groups -OCH3 is 1. The minimum Gasteiger partial charge on any atom is -0.467 e. The molecule has 0 aliphatic carbocycles. The second-order valence-corrected chi connectivity index (χ2v) is 5.50. The minimum atomic E-state index is -0.574. The van der Waals surface area contributed by atoms with E-state index in [9.17, 15) is 9.59 Å². The van der Waals surface area contributed by atoms with E-state index < -0.39 is 12.0 Å². The van der Waals surface area contributed by atoms with Crippen LogP contribution < -0.4 is 0 Å². The fraction of sp³-hybridized carbons (Fsp3) is 0.429. The Morgan fingerprint density at radius 3 is 2.55 bits per heavy atom. The van der Waals surface area contributed by atoms with Crippen LogP contribution in [-0.4, -0.2) is 29.9 Å². The maximum atomic E-state index is 12.1. The number of benzene rings is 1. The van der Waals surface area contributed by atoms with Gasteiger partial charge in [-0.2, -0.15) is 0 Å². The molecule has 0 spiro atoms. The molecule has 1 saturated heterocycles. The molecule has 1 aliphatic rings. The summed E-state index contributed by atoms with van der Waals surface area (Å²) in [5, 5.41) is 0.960. The van der Waals surface area contributed by atoms with Crippen LogP contribution in [-0.2, 0) is 14.3 Å². The van der Waals surface area contributed by atoms with Gasteiger partial charge >= 0.3 is 5.97 Å². The molecule has 1 aromatic carbocycles. The van der Waals surface area contributed by atoms with Gasteiger partial charge in [0.25, 0.3) is 0 Å². The Morgan fingerprint density at radius 1 is 1.40 bits per heavy atom. The number of carbonyl (C=O) groups excluding carboxylic acids is 2. The number of rotatable bonds is 3. The van der Waals surface area contributed by atoms with E-state index in [-0.39, 0.29) is 11.9 Å². The number of ether oxygens (including phenoxy) is 1. The first-order chi connectivity index (χ1) is 9.47. The van der Waals surface area contributed by atoms with Crippen molar-refractivity contribution in [3.8, 4) is 0 Å². The van der Waals surface area contributed by atoms with Crippen LogP contribution in [0.15, 0.2) is 18.2 Å². The zero-order chi connectivity index (χ0) is 14.9. The molecule has 6 heteroatoms. The second kappa shape index (κ2) is 6.02. The fourth-order valence-electron chi connectivity index (χ4n) is 2.60. The van der Waals surface area contributed by atoms with Gasteiger partial charge in [-0.05, 0) is 25.5 Å². The van der Waals surface area contributed by atoms with Crippen LogP contribution in [0.4, 0.5) is 0 Å². The van der Waals surface area contributed by atoms with Gasteiger partial charge in [-0.15, -0.1) is 0 Å². The molecule has 108 valence electrons. The number of likely N-dealkylation sites (tertiary alicyclic amines) is 1. The van der Waals surface area contributed by atoms with Crippen LogP contribution in [0.1, 0.15) is 31.4 Å². The lowest BCUT2D eigenvalue weighted by molar-refractivity contribution is -0.150. The van der Waals surface area contributed by atoms with E-state index in [0.29, 0.717) is 28.5 Å². The summed E-state index contributed by atoms with van der Waals surface area (Å²) >= 11 is 12.3. The van der Waals surface area contributed by atoms with E-state index in [1.165, 1.54) is 12.0 Å². The monoisotopic (exact) mass is 315 g/mol. The van der Waals surface area contributed by atoms with E-state index in [1.54, 1.807) is 18.2 Å². The van der Waals surface area contributed by atoms with Crippen molar-refractivity contribution in [2.24, 2.45) is 0 Å². The zero-order valence-corrected chi connectivity index (χ0v) is 12.7. The normalized spacial score (nSPS) is 20.1. The van der Waals surface area contributed by atoms with Crippen LogP contribution in [0.2, 0.25) is 10.0 Å². The summed E-state index contributed by atoms with van der Waals surface area (Å²) in [6, 6.07) is 4.22. The van der Waals surface area contributed by atoms with Crippen LogP contribution >= 0.6 is 23.2 Å². The molecule has 1 amide bonds. The Kier molecular flexibility index (Phi) is 4.55. The zero-order valence-electron chi connectivity index (χ0n) is 11.2. The maximum absolute atomic E-state index is 12.1. The largest absolute Gasteiger partial charge is 0.467 e. The Hall–Kier alpha value is -1.26. The van der Waals surface area contributed by atoms with Crippen molar-refractivity contribution in [2.45, 2.75) is 31.8 Å². The highest BCUT2D eigenvalue weighted by atomic mass is 35.5.